The van der Waals surface area contributed by atoms with Crippen molar-refractivity contribution in [3.8, 4) is 0 Å². The van der Waals surface area contributed by atoms with E-state index in [0.29, 0.717) is 5.92 Å². The van der Waals surface area contributed by atoms with E-state index in [1.807, 2.05) is 13.8 Å². The second-order valence-electron chi connectivity index (χ2n) is 5.52. The maximum atomic E-state index is 12.3. The van der Waals surface area contributed by atoms with Gasteiger partial charge in [0.1, 0.15) is 0 Å². The van der Waals surface area contributed by atoms with Crippen LogP contribution in [0.15, 0.2) is 41.3 Å². The first-order valence-corrected chi connectivity index (χ1v) is 8.31. The van der Waals surface area contributed by atoms with Crippen LogP contribution in [0.4, 0.5) is 0 Å². The zero-order valence-corrected chi connectivity index (χ0v) is 12.8. The number of carboxylic acid groups (broad SMARTS) is 1. The summed E-state index contributed by atoms with van der Waals surface area (Å²) in [7, 11) is -3.63. The minimum Gasteiger partial charge on any atom is -0.481 e. The molecule has 5 nitrogen and oxygen atoms in total. The highest BCUT2D eigenvalue weighted by atomic mass is 32.2. The second kappa shape index (κ2) is 5.99. The number of hydrogen-bond donors (Lipinski definition) is 2. The van der Waals surface area contributed by atoms with E-state index in [-0.39, 0.29) is 11.3 Å². The minimum absolute atomic E-state index is 0.194. The van der Waals surface area contributed by atoms with Crippen LogP contribution in [0.2, 0.25) is 0 Å². The quantitative estimate of drug-likeness (QED) is 0.816. The molecule has 1 aromatic carbocycles. The van der Waals surface area contributed by atoms with Crippen LogP contribution in [0, 0.1) is 5.92 Å². The molecule has 1 aliphatic rings. The van der Waals surface area contributed by atoms with E-state index in [1.165, 1.54) is 6.08 Å². The molecule has 6 heteroatoms. The van der Waals surface area contributed by atoms with Crippen LogP contribution in [0.25, 0.3) is 0 Å². The van der Waals surface area contributed by atoms with Gasteiger partial charge in [0.15, 0.2) is 0 Å². The van der Waals surface area contributed by atoms with Crippen molar-refractivity contribution in [3.63, 3.8) is 0 Å². The fourth-order valence-corrected chi connectivity index (χ4v) is 3.47. The number of nitrogens with one attached hydrogen (secondary N) is 1. The zero-order valence-electron chi connectivity index (χ0n) is 12.0. The van der Waals surface area contributed by atoms with E-state index < -0.39 is 28.0 Å². The van der Waals surface area contributed by atoms with E-state index >= 15 is 0 Å². The summed E-state index contributed by atoms with van der Waals surface area (Å²) in [5.74, 6) is -1.22. The van der Waals surface area contributed by atoms with Gasteiger partial charge in [0, 0.05) is 6.04 Å². The maximum absolute atomic E-state index is 12.3. The monoisotopic (exact) mass is 309 g/mol. The Hall–Kier alpha value is -1.66. The molecule has 2 N–H and O–H groups in total. The van der Waals surface area contributed by atoms with Gasteiger partial charge in [-0.1, -0.05) is 38.1 Å². The molecule has 1 aromatic rings. The Morgan fingerprint density at radius 2 is 1.86 bits per heavy atom. The predicted molar refractivity (Wildman–Crippen MR) is 79.5 cm³/mol. The maximum Gasteiger partial charge on any atom is 0.310 e. The minimum atomic E-state index is -3.63. The van der Waals surface area contributed by atoms with E-state index in [1.54, 1.807) is 30.3 Å². The van der Waals surface area contributed by atoms with Gasteiger partial charge in [0.25, 0.3) is 0 Å². The fourth-order valence-electron chi connectivity index (χ4n) is 2.27. The second-order valence-corrected chi connectivity index (χ2v) is 7.23. The largest absolute Gasteiger partial charge is 0.481 e. The highest BCUT2D eigenvalue weighted by Gasteiger charge is 2.28. The fraction of sp³-hybridized carbons (Fsp3) is 0.400. The van der Waals surface area contributed by atoms with Crippen LogP contribution < -0.4 is 4.72 Å². The third-order valence-electron chi connectivity index (χ3n) is 3.56. The third-order valence-corrected chi connectivity index (χ3v) is 5.07. The van der Waals surface area contributed by atoms with E-state index in [9.17, 15) is 13.2 Å². The number of sulfonamides is 1. The molecule has 0 bridgehead atoms. The number of aliphatic carboxylic acids is 1. The van der Waals surface area contributed by atoms with Crippen LogP contribution in [0.1, 0.15) is 31.7 Å². The Kier molecular flexibility index (Phi) is 4.49. The smallest absolute Gasteiger partial charge is 0.310 e. The van der Waals surface area contributed by atoms with Gasteiger partial charge in [-0.3, -0.25) is 4.79 Å². The summed E-state index contributed by atoms with van der Waals surface area (Å²) in [6.07, 6.45) is 3.37. The molecular formula is C15H19NO4S. The molecule has 0 radical (unpaired) electrons. The van der Waals surface area contributed by atoms with Gasteiger partial charge >= 0.3 is 5.97 Å². The molecule has 21 heavy (non-hydrogen) atoms. The lowest BCUT2D eigenvalue weighted by Crippen LogP contribution is -2.33. The topological polar surface area (TPSA) is 83.5 Å². The molecule has 0 heterocycles. The molecule has 2 unspecified atom stereocenters. The van der Waals surface area contributed by atoms with Crippen molar-refractivity contribution < 1.29 is 18.3 Å². The predicted octanol–water partition coefficient (Wildman–Crippen LogP) is 2.12. The Labute approximate surface area is 124 Å². The molecule has 0 fully saturated rings. The van der Waals surface area contributed by atoms with E-state index in [0.717, 1.165) is 5.56 Å². The van der Waals surface area contributed by atoms with Gasteiger partial charge in [0.05, 0.1) is 10.8 Å². The molecule has 0 spiro atoms. The first-order chi connectivity index (χ1) is 9.79. The third kappa shape index (κ3) is 3.71. The lowest BCUT2D eigenvalue weighted by Gasteiger charge is -2.13. The Balaban J connectivity index is 2.09. The molecule has 2 atom stereocenters. The molecule has 0 aromatic heterocycles. The highest BCUT2D eigenvalue weighted by molar-refractivity contribution is 7.89. The Morgan fingerprint density at radius 1 is 1.24 bits per heavy atom. The molecule has 0 saturated heterocycles. The SMILES string of the molecule is CC(C)c1ccc(S(=O)(=O)NC2C=CC(C(=O)O)C2)cc1. The lowest BCUT2D eigenvalue weighted by atomic mass is 10.0. The Bertz CT molecular complexity index is 647. The van der Waals surface area contributed by atoms with Crippen molar-refractivity contribution in [1.82, 2.24) is 4.72 Å². The van der Waals surface area contributed by atoms with Crippen molar-refractivity contribution in [3.05, 3.63) is 42.0 Å². The van der Waals surface area contributed by atoms with Crippen LogP contribution in [-0.2, 0) is 14.8 Å². The molecular weight excluding hydrogens is 290 g/mol. The van der Waals surface area contributed by atoms with Crippen molar-refractivity contribution in [2.45, 2.75) is 37.1 Å². The van der Waals surface area contributed by atoms with Crippen LogP contribution >= 0.6 is 0 Å². The highest BCUT2D eigenvalue weighted by Crippen LogP contribution is 2.21. The van der Waals surface area contributed by atoms with Crippen LogP contribution in [0.3, 0.4) is 0 Å². The summed E-state index contributed by atoms with van der Waals surface area (Å²) in [6, 6.07) is 6.27. The van der Waals surface area contributed by atoms with E-state index in [2.05, 4.69) is 4.72 Å². The number of carboxylic acids is 1. The summed E-state index contributed by atoms with van der Waals surface area (Å²) in [6.45, 7) is 4.08. The standard InChI is InChI=1S/C15H19NO4S/c1-10(2)11-4-7-14(8-5-11)21(19,20)16-13-6-3-12(9-13)15(17)18/h3-8,10,12-13,16H,9H2,1-2H3,(H,17,18). The summed E-state index contributed by atoms with van der Waals surface area (Å²) >= 11 is 0. The van der Waals surface area contributed by atoms with Gasteiger partial charge in [-0.05, 0) is 30.0 Å². The average Bonchev–Trinajstić information content (AvgIpc) is 2.87. The van der Waals surface area contributed by atoms with Crippen molar-refractivity contribution in [1.29, 1.82) is 0 Å². The lowest BCUT2D eigenvalue weighted by molar-refractivity contribution is -0.140. The normalized spacial score (nSPS) is 21.9. The van der Waals surface area contributed by atoms with Gasteiger partial charge < -0.3 is 5.11 Å². The summed E-state index contributed by atoms with van der Waals surface area (Å²) in [5.41, 5.74) is 1.07. The van der Waals surface area contributed by atoms with Crippen molar-refractivity contribution in [2.24, 2.45) is 5.92 Å². The first kappa shape index (κ1) is 15.7. The first-order valence-electron chi connectivity index (χ1n) is 6.83. The summed E-state index contributed by atoms with van der Waals surface area (Å²) in [5, 5.41) is 8.90. The molecule has 0 amide bonds. The molecule has 114 valence electrons. The van der Waals surface area contributed by atoms with Crippen LogP contribution in [-0.4, -0.2) is 25.5 Å². The van der Waals surface area contributed by atoms with Gasteiger partial charge in [-0.25, -0.2) is 13.1 Å². The van der Waals surface area contributed by atoms with Crippen molar-refractivity contribution in [2.75, 3.05) is 0 Å². The summed E-state index contributed by atoms with van der Waals surface area (Å²) < 4.78 is 27.0. The van der Waals surface area contributed by atoms with E-state index in [4.69, 9.17) is 5.11 Å². The molecule has 0 aliphatic heterocycles. The van der Waals surface area contributed by atoms with Gasteiger partial charge in [-0.15, -0.1) is 0 Å². The molecule has 1 aliphatic carbocycles. The van der Waals surface area contributed by atoms with Crippen LogP contribution in [0.5, 0.6) is 0 Å². The Morgan fingerprint density at radius 3 is 2.33 bits per heavy atom. The average molecular weight is 309 g/mol. The van der Waals surface area contributed by atoms with Gasteiger partial charge in [-0.2, -0.15) is 0 Å². The number of carbonyl (C=O) groups is 1. The number of hydrogen-bond acceptors (Lipinski definition) is 3. The number of benzene rings is 1. The molecule has 2 rings (SSSR count). The van der Waals surface area contributed by atoms with Crippen molar-refractivity contribution >= 4 is 16.0 Å². The van der Waals surface area contributed by atoms with Gasteiger partial charge in [0.2, 0.25) is 10.0 Å². The summed E-state index contributed by atoms with van der Waals surface area (Å²) in [4.78, 5) is 11.0. The zero-order chi connectivity index (χ0) is 15.6. The molecule has 0 saturated carbocycles. The number of rotatable bonds is 5.